The predicted molar refractivity (Wildman–Crippen MR) is 90.0 cm³/mol. The van der Waals surface area contributed by atoms with Gasteiger partial charge in [0.05, 0.1) is 17.9 Å². The van der Waals surface area contributed by atoms with Crippen molar-refractivity contribution in [2.24, 2.45) is 7.05 Å². The summed E-state index contributed by atoms with van der Waals surface area (Å²) in [7, 11) is 1.69. The molecule has 24 heavy (non-hydrogen) atoms. The number of hydrogen-bond donors (Lipinski definition) is 2. The minimum absolute atomic E-state index is 0.0141. The number of nitrogen functional groups attached to an aromatic ring is 1. The van der Waals surface area contributed by atoms with Crippen LogP contribution in [0.5, 0.6) is 0 Å². The minimum atomic E-state index is 0.0141. The molecule has 1 amide bonds. The number of carbonyl (C=O) groups excluding carboxylic acids is 1. The summed E-state index contributed by atoms with van der Waals surface area (Å²) in [5.41, 5.74) is 8.89. The van der Waals surface area contributed by atoms with Gasteiger partial charge in [-0.3, -0.25) is 14.8 Å². The number of amides is 1. The fourth-order valence-corrected chi connectivity index (χ4v) is 2.41. The molecule has 3 rings (SSSR count). The average Bonchev–Trinajstić information content (AvgIpc) is 2.59. The van der Waals surface area contributed by atoms with Crippen molar-refractivity contribution in [3.63, 3.8) is 0 Å². The lowest BCUT2D eigenvalue weighted by atomic mass is 10.2. The number of benzene rings is 1. The van der Waals surface area contributed by atoms with Crippen molar-refractivity contribution >= 4 is 29.1 Å². The molecule has 122 valence electrons. The molecule has 0 aliphatic carbocycles. The van der Waals surface area contributed by atoms with Gasteiger partial charge in [0.15, 0.2) is 11.5 Å². The molecule has 0 spiro atoms. The molecule has 0 aliphatic rings. The van der Waals surface area contributed by atoms with Crippen LogP contribution in [0.25, 0.3) is 11.2 Å². The molecule has 0 saturated carbocycles. The number of nitrogens with one attached hydrogen (secondary N) is 1. The lowest BCUT2D eigenvalue weighted by molar-refractivity contribution is -0.107. The van der Waals surface area contributed by atoms with Gasteiger partial charge < -0.3 is 10.6 Å². The topological polar surface area (TPSA) is 114 Å². The molecule has 2 heterocycles. The van der Waals surface area contributed by atoms with E-state index in [9.17, 15) is 4.79 Å². The van der Waals surface area contributed by atoms with Crippen LogP contribution in [0, 0.1) is 12.3 Å². The SMILES string of the molecule is Cc1nc2c(nc1CN(C=O)c1ccccc1)c(N)nc(=N)n2C. The van der Waals surface area contributed by atoms with E-state index in [1.807, 2.05) is 37.3 Å². The molecule has 8 heteroatoms. The molecule has 0 unspecified atom stereocenters. The monoisotopic (exact) mass is 323 g/mol. The van der Waals surface area contributed by atoms with E-state index >= 15 is 0 Å². The maximum Gasteiger partial charge on any atom is 0.225 e. The number of rotatable bonds is 4. The number of nitrogens with zero attached hydrogens (tertiary/aromatic N) is 5. The van der Waals surface area contributed by atoms with Crippen molar-refractivity contribution in [1.82, 2.24) is 19.5 Å². The van der Waals surface area contributed by atoms with Crippen LogP contribution in [0.3, 0.4) is 0 Å². The van der Waals surface area contributed by atoms with Crippen molar-refractivity contribution in [2.75, 3.05) is 10.6 Å². The van der Waals surface area contributed by atoms with Crippen LogP contribution in [0.15, 0.2) is 30.3 Å². The largest absolute Gasteiger partial charge is 0.382 e. The molecule has 3 aromatic rings. The first kappa shape index (κ1) is 15.6. The molecule has 8 nitrogen and oxygen atoms in total. The van der Waals surface area contributed by atoms with Gasteiger partial charge in [-0.1, -0.05) is 18.2 Å². The van der Waals surface area contributed by atoms with E-state index in [0.717, 1.165) is 12.1 Å². The van der Waals surface area contributed by atoms with E-state index in [-0.39, 0.29) is 18.0 Å². The number of fused-ring (bicyclic) bond motifs is 1. The highest BCUT2D eigenvalue weighted by Gasteiger charge is 2.14. The Morgan fingerprint density at radius 3 is 2.62 bits per heavy atom. The fourth-order valence-electron chi connectivity index (χ4n) is 2.41. The van der Waals surface area contributed by atoms with Gasteiger partial charge in [0.2, 0.25) is 12.0 Å². The van der Waals surface area contributed by atoms with Gasteiger partial charge >= 0.3 is 0 Å². The summed E-state index contributed by atoms with van der Waals surface area (Å²) in [4.78, 5) is 26.0. The molecule has 0 radical (unpaired) electrons. The number of para-hydroxylation sites is 1. The Hall–Kier alpha value is -3.29. The Bertz CT molecular complexity index is 966. The van der Waals surface area contributed by atoms with Crippen LogP contribution in [0.1, 0.15) is 11.4 Å². The van der Waals surface area contributed by atoms with Crippen molar-refractivity contribution in [1.29, 1.82) is 5.41 Å². The van der Waals surface area contributed by atoms with Gasteiger partial charge in [0.1, 0.15) is 5.52 Å². The van der Waals surface area contributed by atoms with E-state index in [0.29, 0.717) is 22.6 Å². The van der Waals surface area contributed by atoms with E-state index in [2.05, 4.69) is 15.0 Å². The van der Waals surface area contributed by atoms with Crippen molar-refractivity contribution < 1.29 is 4.79 Å². The lowest BCUT2D eigenvalue weighted by Gasteiger charge is -2.18. The summed E-state index contributed by atoms with van der Waals surface area (Å²) in [6, 6.07) is 9.31. The summed E-state index contributed by atoms with van der Waals surface area (Å²) in [5, 5.41) is 7.77. The van der Waals surface area contributed by atoms with Gasteiger partial charge in [0, 0.05) is 12.7 Å². The Labute approximate surface area is 138 Å². The Balaban J connectivity index is 2.08. The van der Waals surface area contributed by atoms with E-state index in [1.165, 1.54) is 4.57 Å². The highest BCUT2D eigenvalue weighted by Crippen LogP contribution is 2.19. The van der Waals surface area contributed by atoms with Crippen LogP contribution in [0.2, 0.25) is 0 Å². The summed E-state index contributed by atoms with van der Waals surface area (Å²) in [6.45, 7) is 2.09. The quantitative estimate of drug-likeness (QED) is 0.692. The molecule has 0 atom stereocenters. The first-order chi connectivity index (χ1) is 11.5. The van der Waals surface area contributed by atoms with Gasteiger partial charge in [0.25, 0.3) is 0 Å². The summed E-state index contributed by atoms with van der Waals surface area (Å²) >= 11 is 0. The molecular formula is C16H17N7O. The van der Waals surface area contributed by atoms with Gasteiger partial charge in [-0.05, 0) is 19.1 Å². The predicted octanol–water partition coefficient (Wildman–Crippen LogP) is 0.896. The number of aryl methyl sites for hydroxylation is 2. The number of carbonyl (C=O) groups is 1. The molecule has 0 bridgehead atoms. The standard InChI is InChI=1S/C16H17N7O/c1-10-12(8-23(9-24)11-6-4-3-5-7-11)20-13-14(17)21-16(18)22(2)15(13)19-10/h3-7,9H,8H2,1-2H3,(H3,17,18,21). The third-order valence-corrected chi connectivity index (χ3v) is 3.79. The normalized spacial score (nSPS) is 10.8. The zero-order chi connectivity index (χ0) is 17.3. The van der Waals surface area contributed by atoms with Gasteiger partial charge in [-0.2, -0.15) is 4.98 Å². The third-order valence-electron chi connectivity index (χ3n) is 3.79. The van der Waals surface area contributed by atoms with Crippen LogP contribution in [-0.2, 0) is 18.4 Å². The van der Waals surface area contributed by atoms with E-state index < -0.39 is 0 Å². The molecule has 3 N–H and O–H groups in total. The van der Waals surface area contributed by atoms with Crippen molar-refractivity contribution in [2.45, 2.75) is 13.5 Å². The third kappa shape index (κ3) is 2.69. The van der Waals surface area contributed by atoms with Crippen LogP contribution in [0.4, 0.5) is 11.5 Å². The number of anilines is 2. The molecule has 0 aliphatic heterocycles. The number of aromatic nitrogens is 4. The smallest absolute Gasteiger partial charge is 0.225 e. The molecular weight excluding hydrogens is 306 g/mol. The van der Waals surface area contributed by atoms with Crippen LogP contribution in [-0.4, -0.2) is 25.9 Å². The highest BCUT2D eigenvalue weighted by atomic mass is 16.1. The number of nitrogens with two attached hydrogens (primary N) is 1. The second kappa shape index (κ2) is 6.07. The van der Waals surface area contributed by atoms with Gasteiger partial charge in [-0.15, -0.1) is 0 Å². The highest BCUT2D eigenvalue weighted by molar-refractivity contribution is 5.81. The summed E-state index contributed by atoms with van der Waals surface area (Å²) < 4.78 is 1.52. The van der Waals surface area contributed by atoms with Crippen molar-refractivity contribution in [3.05, 3.63) is 47.3 Å². The molecule has 2 aromatic heterocycles. The molecule has 0 fully saturated rings. The summed E-state index contributed by atoms with van der Waals surface area (Å²) in [5.74, 6) is 0.152. The Kier molecular flexibility index (Phi) is 3.95. The first-order valence-electron chi connectivity index (χ1n) is 7.32. The second-order valence-corrected chi connectivity index (χ2v) is 5.38. The Morgan fingerprint density at radius 2 is 1.96 bits per heavy atom. The zero-order valence-electron chi connectivity index (χ0n) is 13.4. The second-order valence-electron chi connectivity index (χ2n) is 5.38. The lowest BCUT2D eigenvalue weighted by Crippen LogP contribution is -2.25. The first-order valence-corrected chi connectivity index (χ1v) is 7.32. The maximum absolute atomic E-state index is 11.5. The van der Waals surface area contributed by atoms with E-state index in [1.54, 1.807) is 11.9 Å². The van der Waals surface area contributed by atoms with Crippen LogP contribution >= 0.6 is 0 Å². The van der Waals surface area contributed by atoms with Crippen LogP contribution < -0.4 is 16.3 Å². The fraction of sp³-hybridized carbons (Fsp3) is 0.188. The van der Waals surface area contributed by atoms with Crippen molar-refractivity contribution in [3.8, 4) is 0 Å². The van der Waals surface area contributed by atoms with Gasteiger partial charge in [-0.25, -0.2) is 9.97 Å². The minimum Gasteiger partial charge on any atom is -0.382 e. The molecule has 0 saturated heterocycles. The molecule has 1 aromatic carbocycles. The maximum atomic E-state index is 11.5. The summed E-state index contributed by atoms with van der Waals surface area (Å²) in [6.07, 6.45) is 0.759. The Morgan fingerprint density at radius 1 is 1.25 bits per heavy atom. The zero-order valence-corrected chi connectivity index (χ0v) is 13.4. The average molecular weight is 323 g/mol. The number of hydrogen-bond acceptors (Lipinski definition) is 6. The van der Waals surface area contributed by atoms with E-state index in [4.69, 9.17) is 11.1 Å².